The Bertz CT molecular complexity index is 545. The molecule has 0 spiro atoms. The second-order valence-corrected chi connectivity index (χ2v) is 3.75. The molecule has 0 bridgehead atoms. The molecule has 1 aromatic heterocycles. The number of nitrogens with zero attached hydrogens (tertiary/aromatic N) is 2. The lowest BCUT2D eigenvalue weighted by Crippen LogP contribution is -2.13. The molecule has 4 nitrogen and oxygen atoms in total. The molecule has 0 aliphatic rings. The largest absolute Gasteiger partial charge is 0.382 e. The Hall–Kier alpha value is -2.04. The Morgan fingerprint density at radius 2 is 2.00 bits per heavy atom. The summed E-state index contributed by atoms with van der Waals surface area (Å²) in [6.07, 6.45) is 0. The first-order valence-corrected chi connectivity index (χ1v) is 4.87. The molecule has 0 radical (unpaired) electrons. The van der Waals surface area contributed by atoms with Crippen molar-refractivity contribution in [3.05, 3.63) is 35.4 Å². The van der Waals surface area contributed by atoms with E-state index in [0.717, 1.165) is 5.56 Å². The second kappa shape index (κ2) is 3.52. The van der Waals surface area contributed by atoms with Crippen molar-refractivity contribution in [3.63, 3.8) is 0 Å². The maximum atomic E-state index is 13.6. The van der Waals surface area contributed by atoms with Crippen LogP contribution in [0, 0.1) is 19.7 Å². The summed E-state index contributed by atoms with van der Waals surface area (Å²) >= 11 is 0. The summed E-state index contributed by atoms with van der Waals surface area (Å²) in [4.78, 5) is 4.15. The van der Waals surface area contributed by atoms with E-state index < -0.39 is 0 Å². The number of imidazole rings is 1. The smallest absolute Gasteiger partial charge is 0.150 e. The average Bonchev–Trinajstić information content (AvgIpc) is 2.50. The SMILES string of the molecule is Cc1ccc(F)c(-c2nc(C)n(N)c2N)c1. The third-order valence-electron chi connectivity index (χ3n) is 2.50. The van der Waals surface area contributed by atoms with Crippen LogP contribution >= 0.6 is 0 Å². The third-order valence-corrected chi connectivity index (χ3v) is 2.50. The van der Waals surface area contributed by atoms with Crippen LogP contribution in [0.5, 0.6) is 0 Å². The molecule has 16 heavy (non-hydrogen) atoms. The third kappa shape index (κ3) is 1.50. The Morgan fingerprint density at radius 3 is 2.56 bits per heavy atom. The number of nitrogens with two attached hydrogens (primary N) is 2. The van der Waals surface area contributed by atoms with E-state index in [0.29, 0.717) is 17.1 Å². The Kier molecular flexibility index (Phi) is 2.30. The van der Waals surface area contributed by atoms with E-state index in [1.54, 1.807) is 19.1 Å². The normalized spacial score (nSPS) is 10.7. The molecule has 5 heteroatoms. The van der Waals surface area contributed by atoms with Gasteiger partial charge in [0.25, 0.3) is 0 Å². The molecular formula is C11H13FN4. The summed E-state index contributed by atoms with van der Waals surface area (Å²) in [7, 11) is 0. The highest BCUT2D eigenvalue weighted by molar-refractivity contribution is 5.72. The highest BCUT2D eigenvalue weighted by Gasteiger charge is 2.15. The fraction of sp³-hybridized carbons (Fsp3) is 0.182. The number of anilines is 1. The summed E-state index contributed by atoms with van der Waals surface area (Å²) < 4.78 is 14.9. The maximum Gasteiger partial charge on any atom is 0.150 e. The van der Waals surface area contributed by atoms with E-state index in [2.05, 4.69) is 4.98 Å². The maximum absolute atomic E-state index is 13.6. The molecule has 0 aliphatic heterocycles. The van der Waals surface area contributed by atoms with Crippen LogP contribution in [-0.2, 0) is 0 Å². The molecule has 0 aliphatic carbocycles. The van der Waals surface area contributed by atoms with Gasteiger partial charge in [0, 0.05) is 5.56 Å². The first-order chi connectivity index (χ1) is 7.50. The number of rotatable bonds is 1. The quantitative estimate of drug-likeness (QED) is 0.717. The molecule has 1 aromatic carbocycles. The number of hydrogen-bond acceptors (Lipinski definition) is 3. The van der Waals surface area contributed by atoms with Gasteiger partial charge in [0.05, 0.1) is 0 Å². The molecule has 2 rings (SSSR count). The highest BCUT2D eigenvalue weighted by atomic mass is 19.1. The van der Waals surface area contributed by atoms with Crippen molar-refractivity contribution < 1.29 is 4.39 Å². The van der Waals surface area contributed by atoms with Crippen molar-refractivity contribution in [2.75, 3.05) is 11.6 Å². The van der Waals surface area contributed by atoms with Gasteiger partial charge >= 0.3 is 0 Å². The van der Waals surface area contributed by atoms with E-state index in [9.17, 15) is 4.39 Å². The summed E-state index contributed by atoms with van der Waals surface area (Å²) in [5, 5.41) is 0. The molecule has 0 amide bonds. The minimum Gasteiger partial charge on any atom is -0.382 e. The lowest BCUT2D eigenvalue weighted by Gasteiger charge is -2.03. The van der Waals surface area contributed by atoms with Crippen LogP contribution in [0.4, 0.5) is 10.2 Å². The van der Waals surface area contributed by atoms with E-state index >= 15 is 0 Å². The minimum atomic E-state index is -0.351. The summed E-state index contributed by atoms with van der Waals surface area (Å²) in [6.45, 7) is 3.60. The molecular weight excluding hydrogens is 207 g/mol. The lowest BCUT2D eigenvalue weighted by molar-refractivity contribution is 0.630. The van der Waals surface area contributed by atoms with E-state index in [-0.39, 0.29) is 11.6 Å². The molecule has 1 heterocycles. The zero-order chi connectivity index (χ0) is 11.9. The van der Waals surface area contributed by atoms with Gasteiger partial charge in [-0.05, 0) is 26.0 Å². The van der Waals surface area contributed by atoms with Crippen molar-refractivity contribution >= 4 is 5.82 Å². The van der Waals surface area contributed by atoms with Gasteiger partial charge in [0.2, 0.25) is 0 Å². The number of hydrogen-bond donors (Lipinski definition) is 2. The van der Waals surface area contributed by atoms with Crippen LogP contribution in [0.25, 0.3) is 11.3 Å². The first kappa shape index (κ1) is 10.5. The van der Waals surface area contributed by atoms with Crippen LogP contribution in [0.3, 0.4) is 0 Å². The fourth-order valence-corrected chi connectivity index (χ4v) is 1.58. The molecule has 0 saturated carbocycles. The first-order valence-electron chi connectivity index (χ1n) is 4.87. The topological polar surface area (TPSA) is 69.9 Å². The molecule has 2 aromatic rings. The number of aryl methyl sites for hydroxylation is 2. The molecule has 84 valence electrons. The van der Waals surface area contributed by atoms with Crippen molar-refractivity contribution in [2.24, 2.45) is 0 Å². The second-order valence-electron chi connectivity index (χ2n) is 3.75. The van der Waals surface area contributed by atoms with Crippen LogP contribution in [0.15, 0.2) is 18.2 Å². The van der Waals surface area contributed by atoms with Crippen molar-refractivity contribution in [1.82, 2.24) is 9.66 Å². The van der Waals surface area contributed by atoms with Crippen molar-refractivity contribution in [2.45, 2.75) is 13.8 Å². The van der Waals surface area contributed by atoms with E-state index in [1.165, 1.54) is 10.7 Å². The molecule has 4 N–H and O–H groups in total. The van der Waals surface area contributed by atoms with Gasteiger partial charge in [-0.2, -0.15) is 0 Å². The van der Waals surface area contributed by atoms with Gasteiger partial charge in [-0.1, -0.05) is 11.6 Å². The van der Waals surface area contributed by atoms with Crippen molar-refractivity contribution in [1.29, 1.82) is 0 Å². The van der Waals surface area contributed by atoms with E-state index in [1.807, 2.05) is 6.92 Å². The number of halogens is 1. The van der Waals surface area contributed by atoms with Gasteiger partial charge in [-0.25, -0.2) is 14.1 Å². The number of benzene rings is 1. The number of nitrogen functional groups attached to an aromatic ring is 2. The number of aromatic nitrogens is 2. The van der Waals surface area contributed by atoms with Gasteiger partial charge in [-0.15, -0.1) is 0 Å². The molecule has 0 atom stereocenters. The average molecular weight is 220 g/mol. The predicted molar refractivity (Wildman–Crippen MR) is 61.7 cm³/mol. The van der Waals surface area contributed by atoms with Gasteiger partial charge in [0.1, 0.15) is 17.3 Å². The highest BCUT2D eigenvalue weighted by Crippen LogP contribution is 2.27. The summed E-state index contributed by atoms with van der Waals surface area (Å²) in [5.74, 6) is 6.10. The monoisotopic (exact) mass is 220 g/mol. The van der Waals surface area contributed by atoms with Gasteiger partial charge in [-0.3, -0.25) is 0 Å². The van der Waals surface area contributed by atoms with Crippen molar-refractivity contribution in [3.8, 4) is 11.3 Å². The standard InChI is InChI=1S/C11H13FN4/c1-6-3-4-9(12)8(5-6)10-11(13)16(14)7(2)15-10/h3-5H,13-14H2,1-2H3. The van der Waals surface area contributed by atoms with Gasteiger partial charge in [0.15, 0.2) is 5.82 Å². The van der Waals surface area contributed by atoms with Crippen LogP contribution in [0.2, 0.25) is 0 Å². The molecule has 0 saturated heterocycles. The molecule has 0 unspecified atom stereocenters. The van der Waals surface area contributed by atoms with Crippen LogP contribution in [0.1, 0.15) is 11.4 Å². The summed E-state index contributed by atoms with van der Waals surface area (Å²) in [6, 6.07) is 4.80. The molecule has 0 fully saturated rings. The predicted octanol–water partition coefficient (Wildman–Crippen LogP) is 1.60. The Labute approximate surface area is 92.7 Å². The Morgan fingerprint density at radius 1 is 1.31 bits per heavy atom. The zero-order valence-corrected chi connectivity index (χ0v) is 9.16. The Balaban J connectivity index is 2.67. The minimum absolute atomic E-state index is 0.266. The van der Waals surface area contributed by atoms with Crippen LogP contribution < -0.4 is 11.6 Å². The van der Waals surface area contributed by atoms with E-state index in [4.69, 9.17) is 11.6 Å². The fourth-order valence-electron chi connectivity index (χ4n) is 1.58. The van der Waals surface area contributed by atoms with Gasteiger partial charge < -0.3 is 11.6 Å². The lowest BCUT2D eigenvalue weighted by atomic mass is 10.1. The zero-order valence-electron chi connectivity index (χ0n) is 9.16. The summed E-state index contributed by atoms with van der Waals surface area (Å²) in [5.41, 5.74) is 7.48. The van der Waals surface area contributed by atoms with Crippen LogP contribution in [-0.4, -0.2) is 9.66 Å².